The van der Waals surface area contributed by atoms with Gasteiger partial charge in [0.2, 0.25) is 5.13 Å². The number of nitrogens with one attached hydrogen (secondary N) is 1. The summed E-state index contributed by atoms with van der Waals surface area (Å²) in [5, 5.41) is 14.5. The van der Waals surface area contributed by atoms with Crippen LogP contribution in [0, 0.1) is 0 Å². The monoisotopic (exact) mass is 265 g/mol. The fourth-order valence-electron chi connectivity index (χ4n) is 1.58. The standard InChI is InChI=1S/C12H12ClN3S/c13-10-5-1-8(2-6-10)7-14-12-16-15-11(17-12)9-3-4-9/h1-2,5-6,9H,3-4,7H2,(H,14,16). The molecule has 2 aromatic rings. The summed E-state index contributed by atoms with van der Waals surface area (Å²) in [5.74, 6) is 0.679. The first kappa shape index (κ1) is 11.0. The third-order valence-corrected chi connectivity index (χ3v) is 4.02. The SMILES string of the molecule is Clc1ccc(CNc2nnc(C3CC3)s2)cc1. The molecular weight excluding hydrogens is 254 g/mol. The predicted molar refractivity (Wildman–Crippen MR) is 70.7 cm³/mol. The molecule has 0 amide bonds. The molecule has 0 spiro atoms. The molecule has 0 radical (unpaired) electrons. The van der Waals surface area contributed by atoms with Crippen molar-refractivity contribution in [1.82, 2.24) is 10.2 Å². The summed E-state index contributed by atoms with van der Waals surface area (Å²) >= 11 is 7.50. The van der Waals surface area contributed by atoms with Crippen molar-refractivity contribution in [2.75, 3.05) is 5.32 Å². The molecule has 1 N–H and O–H groups in total. The van der Waals surface area contributed by atoms with Crippen LogP contribution in [0.3, 0.4) is 0 Å². The van der Waals surface area contributed by atoms with Gasteiger partial charge < -0.3 is 5.32 Å². The molecule has 0 atom stereocenters. The molecule has 88 valence electrons. The van der Waals surface area contributed by atoms with Crippen molar-refractivity contribution in [3.63, 3.8) is 0 Å². The zero-order valence-corrected chi connectivity index (χ0v) is 10.8. The van der Waals surface area contributed by atoms with Crippen molar-refractivity contribution in [1.29, 1.82) is 0 Å². The summed E-state index contributed by atoms with van der Waals surface area (Å²) in [4.78, 5) is 0. The lowest BCUT2D eigenvalue weighted by molar-refractivity contribution is 0.968. The molecule has 0 unspecified atom stereocenters. The van der Waals surface area contributed by atoms with E-state index in [0.29, 0.717) is 5.92 Å². The van der Waals surface area contributed by atoms with Gasteiger partial charge in [-0.05, 0) is 30.5 Å². The van der Waals surface area contributed by atoms with Gasteiger partial charge in [0.1, 0.15) is 5.01 Å². The molecule has 0 bridgehead atoms. The molecule has 1 aromatic heterocycles. The molecular formula is C12H12ClN3S. The highest BCUT2D eigenvalue weighted by atomic mass is 35.5. The maximum Gasteiger partial charge on any atom is 0.205 e. The van der Waals surface area contributed by atoms with Gasteiger partial charge >= 0.3 is 0 Å². The number of halogens is 1. The third kappa shape index (κ3) is 2.76. The minimum atomic E-state index is 0.679. The normalized spacial score (nSPS) is 14.9. The number of benzene rings is 1. The maximum atomic E-state index is 5.83. The van der Waals surface area contributed by atoms with Crippen LogP contribution >= 0.6 is 22.9 Å². The highest BCUT2D eigenvalue weighted by molar-refractivity contribution is 7.15. The number of hydrogen-bond donors (Lipinski definition) is 1. The van der Waals surface area contributed by atoms with Crippen LogP contribution in [0.15, 0.2) is 24.3 Å². The molecule has 17 heavy (non-hydrogen) atoms. The molecule has 5 heteroatoms. The van der Waals surface area contributed by atoms with Crippen LogP contribution in [0.25, 0.3) is 0 Å². The zero-order chi connectivity index (χ0) is 11.7. The van der Waals surface area contributed by atoms with Gasteiger partial charge in [-0.3, -0.25) is 0 Å². The van der Waals surface area contributed by atoms with E-state index in [0.717, 1.165) is 16.7 Å². The van der Waals surface area contributed by atoms with E-state index in [1.165, 1.54) is 23.4 Å². The molecule has 1 heterocycles. The number of anilines is 1. The summed E-state index contributed by atoms with van der Waals surface area (Å²) < 4.78 is 0. The second kappa shape index (κ2) is 4.63. The molecule has 1 aliphatic carbocycles. The van der Waals surface area contributed by atoms with Crippen molar-refractivity contribution >= 4 is 28.1 Å². The number of aromatic nitrogens is 2. The first-order valence-electron chi connectivity index (χ1n) is 5.63. The minimum absolute atomic E-state index is 0.679. The van der Waals surface area contributed by atoms with Crippen molar-refractivity contribution in [3.8, 4) is 0 Å². The van der Waals surface area contributed by atoms with Gasteiger partial charge in [0.25, 0.3) is 0 Å². The van der Waals surface area contributed by atoms with Gasteiger partial charge in [0.15, 0.2) is 0 Å². The van der Waals surface area contributed by atoms with E-state index < -0.39 is 0 Å². The summed E-state index contributed by atoms with van der Waals surface area (Å²) in [6, 6.07) is 7.82. The summed E-state index contributed by atoms with van der Waals surface area (Å²) in [5.41, 5.74) is 1.19. The molecule has 3 nitrogen and oxygen atoms in total. The average molecular weight is 266 g/mol. The number of rotatable bonds is 4. The fourth-order valence-corrected chi connectivity index (χ4v) is 2.62. The lowest BCUT2D eigenvalue weighted by Crippen LogP contribution is -1.98. The predicted octanol–water partition coefficient (Wildman–Crippen LogP) is 3.68. The summed E-state index contributed by atoms with van der Waals surface area (Å²) in [6.45, 7) is 0.760. The minimum Gasteiger partial charge on any atom is -0.356 e. The largest absolute Gasteiger partial charge is 0.356 e. The van der Waals surface area contributed by atoms with Crippen molar-refractivity contribution in [2.24, 2.45) is 0 Å². The Balaban J connectivity index is 1.60. The third-order valence-electron chi connectivity index (χ3n) is 2.72. The van der Waals surface area contributed by atoms with E-state index in [1.807, 2.05) is 24.3 Å². The van der Waals surface area contributed by atoms with Crippen molar-refractivity contribution in [2.45, 2.75) is 25.3 Å². The molecule has 1 aliphatic rings. The van der Waals surface area contributed by atoms with Crippen LogP contribution in [-0.2, 0) is 6.54 Å². The Bertz CT molecular complexity index is 505. The Morgan fingerprint density at radius 1 is 1.24 bits per heavy atom. The van der Waals surface area contributed by atoms with E-state index in [2.05, 4.69) is 15.5 Å². The Morgan fingerprint density at radius 3 is 2.71 bits per heavy atom. The topological polar surface area (TPSA) is 37.8 Å². The average Bonchev–Trinajstić information content (AvgIpc) is 3.09. The van der Waals surface area contributed by atoms with E-state index in [1.54, 1.807) is 11.3 Å². The van der Waals surface area contributed by atoms with E-state index in [-0.39, 0.29) is 0 Å². The van der Waals surface area contributed by atoms with Crippen LogP contribution in [-0.4, -0.2) is 10.2 Å². The Morgan fingerprint density at radius 2 is 2.00 bits per heavy atom. The van der Waals surface area contributed by atoms with Crippen LogP contribution in [0.4, 0.5) is 5.13 Å². The lowest BCUT2D eigenvalue weighted by atomic mass is 10.2. The van der Waals surface area contributed by atoms with Gasteiger partial charge in [-0.15, -0.1) is 10.2 Å². The van der Waals surface area contributed by atoms with Crippen molar-refractivity contribution < 1.29 is 0 Å². The smallest absolute Gasteiger partial charge is 0.205 e. The van der Waals surface area contributed by atoms with Crippen molar-refractivity contribution in [3.05, 3.63) is 39.9 Å². The molecule has 1 fully saturated rings. The van der Waals surface area contributed by atoms with Crippen LogP contribution < -0.4 is 5.32 Å². The highest BCUT2D eigenvalue weighted by Gasteiger charge is 2.27. The number of hydrogen-bond acceptors (Lipinski definition) is 4. The van der Waals surface area contributed by atoms with Crippen LogP contribution in [0.5, 0.6) is 0 Å². The fraction of sp³-hybridized carbons (Fsp3) is 0.333. The number of nitrogens with zero attached hydrogens (tertiary/aromatic N) is 2. The Kier molecular flexibility index (Phi) is 2.99. The van der Waals surface area contributed by atoms with Gasteiger partial charge in [0.05, 0.1) is 0 Å². The lowest BCUT2D eigenvalue weighted by Gasteiger charge is -2.01. The summed E-state index contributed by atoms with van der Waals surface area (Å²) in [6.07, 6.45) is 2.54. The molecule has 1 saturated carbocycles. The van der Waals surface area contributed by atoms with Crippen LogP contribution in [0.2, 0.25) is 5.02 Å². The van der Waals surface area contributed by atoms with Gasteiger partial charge in [-0.25, -0.2) is 0 Å². The second-order valence-electron chi connectivity index (χ2n) is 4.20. The van der Waals surface area contributed by atoms with Gasteiger partial charge in [-0.1, -0.05) is 35.1 Å². The second-order valence-corrected chi connectivity index (χ2v) is 5.65. The van der Waals surface area contributed by atoms with E-state index in [9.17, 15) is 0 Å². The maximum absolute atomic E-state index is 5.83. The van der Waals surface area contributed by atoms with Crippen LogP contribution in [0.1, 0.15) is 29.3 Å². The first-order chi connectivity index (χ1) is 8.31. The van der Waals surface area contributed by atoms with Gasteiger partial charge in [-0.2, -0.15) is 0 Å². The molecule has 3 rings (SSSR count). The van der Waals surface area contributed by atoms with E-state index >= 15 is 0 Å². The first-order valence-corrected chi connectivity index (χ1v) is 6.82. The quantitative estimate of drug-likeness (QED) is 0.916. The van der Waals surface area contributed by atoms with E-state index in [4.69, 9.17) is 11.6 Å². The highest BCUT2D eigenvalue weighted by Crippen LogP contribution is 2.42. The molecule has 0 saturated heterocycles. The molecule has 0 aliphatic heterocycles. The Hall–Kier alpha value is -1.13. The zero-order valence-electron chi connectivity index (χ0n) is 9.19. The summed E-state index contributed by atoms with van der Waals surface area (Å²) in [7, 11) is 0. The Labute approximate surface area is 109 Å². The van der Waals surface area contributed by atoms with Gasteiger partial charge in [0, 0.05) is 17.5 Å². The molecule has 1 aromatic carbocycles.